The van der Waals surface area contributed by atoms with Crippen LogP contribution in [0.2, 0.25) is 0 Å². The monoisotopic (exact) mass is 518 g/mol. The van der Waals surface area contributed by atoms with E-state index in [1.165, 1.54) is 4.57 Å². The van der Waals surface area contributed by atoms with Crippen LogP contribution in [0, 0.1) is 12.7 Å². The van der Waals surface area contributed by atoms with Gasteiger partial charge < -0.3 is 10.6 Å². The van der Waals surface area contributed by atoms with Gasteiger partial charge in [-0.05, 0) is 57.2 Å². The van der Waals surface area contributed by atoms with E-state index < -0.39 is 17.4 Å². The average molecular weight is 519 g/mol. The van der Waals surface area contributed by atoms with Crippen LogP contribution in [0.1, 0.15) is 65.5 Å². The average Bonchev–Trinajstić information content (AvgIpc) is 3.74. The van der Waals surface area contributed by atoms with Crippen LogP contribution in [0.3, 0.4) is 0 Å². The summed E-state index contributed by atoms with van der Waals surface area (Å²) >= 11 is 0. The van der Waals surface area contributed by atoms with Gasteiger partial charge in [0, 0.05) is 50.4 Å². The number of rotatable bonds is 6. The Morgan fingerprint density at radius 3 is 2.55 bits per heavy atom. The van der Waals surface area contributed by atoms with Gasteiger partial charge in [-0.1, -0.05) is 0 Å². The number of nitrogens with zero attached hydrogens (tertiary/aromatic N) is 6. The maximum absolute atomic E-state index is 15.7. The molecule has 2 aliphatic heterocycles. The largest absolute Gasteiger partial charge is 0.367 e. The lowest BCUT2D eigenvalue weighted by molar-refractivity contribution is 0.0994. The summed E-state index contributed by atoms with van der Waals surface area (Å²) in [5.74, 6) is -0.0890. The van der Waals surface area contributed by atoms with Crippen LogP contribution in [0.5, 0.6) is 0 Å². The summed E-state index contributed by atoms with van der Waals surface area (Å²) in [5.41, 5.74) is 13.3. The van der Waals surface area contributed by atoms with Gasteiger partial charge >= 0.3 is 5.69 Å². The Morgan fingerprint density at radius 2 is 1.89 bits per heavy atom. The molecule has 0 unspecified atom stereocenters. The zero-order valence-corrected chi connectivity index (χ0v) is 21.8. The molecule has 0 radical (unpaired) electrons. The molecule has 2 fully saturated rings. The molecule has 1 saturated heterocycles. The summed E-state index contributed by atoms with van der Waals surface area (Å²) in [6.07, 6.45) is 2.11. The molecule has 2 aromatic heterocycles. The second-order valence-electron chi connectivity index (χ2n) is 10.3. The fourth-order valence-corrected chi connectivity index (χ4v) is 5.66. The van der Waals surface area contributed by atoms with E-state index in [1.807, 2.05) is 26.8 Å². The zero-order chi connectivity index (χ0) is 26.7. The number of carbonyl (C=O) groups is 1. The fourth-order valence-electron chi connectivity index (χ4n) is 5.66. The Labute approximate surface area is 219 Å². The minimum absolute atomic E-state index is 0.0893. The van der Waals surface area contributed by atoms with E-state index in [0.717, 1.165) is 67.2 Å². The number of hydrogen-bond donors (Lipinski definition) is 2. The quantitative estimate of drug-likeness (QED) is 0.515. The molecule has 1 saturated carbocycles. The molecule has 11 heteroatoms. The van der Waals surface area contributed by atoms with Gasteiger partial charge in [-0.25, -0.2) is 14.2 Å². The van der Waals surface area contributed by atoms with E-state index in [-0.39, 0.29) is 5.52 Å². The number of hydrogen-bond acceptors (Lipinski definition) is 8. The molecule has 1 aromatic carbocycles. The van der Waals surface area contributed by atoms with E-state index in [4.69, 9.17) is 5.73 Å². The lowest BCUT2D eigenvalue weighted by Gasteiger charge is -2.37. The normalized spacial score (nSPS) is 17.5. The van der Waals surface area contributed by atoms with Crippen molar-refractivity contribution in [2.45, 2.75) is 52.6 Å². The second-order valence-corrected chi connectivity index (χ2v) is 10.3. The summed E-state index contributed by atoms with van der Waals surface area (Å²) in [4.78, 5) is 37.7. The SMILES string of the molecule is CCn1c2c3c(cc(CN4CCN(c5cc(C6CC6)c(C(N)=O)nc5C)CC4)c(F)c3nc1=O)C(C)=NN2. The highest BCUT2D eigenvalue weighted by molar-refractivity contribution is 6.14. The number of anilines is 2. The van der Waals surface area contributed by atoms with Crippen LogP contribution < -0.4 is 21.7 Å². The molecule has 3 aromatic rings. The number of aromatic nitrogens is 3. The summed E-state index contributed by atoms with van der Waals surface area (Å²) in [7, 11) is 0. The third-order valence-electron chi connectivity index (χ3n) is 7.87. The van der Waals surface area contributed by atoms with Gasteiger partial charge in [0.25, 0.3) is 5.91 Å². The number of nitrogens with one attached hydrogen (secondary N) is 1. The second kappa shape index (κ2) is 9.16. The number of piperazine rings is 1. The minimum Gasteiger partial charge on any atom is -0.367 e. The number of hydrazone groups is 1. The van der Waals surface area contributed by atoms with E-state index in [9.17, 15) is 9.59 Å². The highest BCUT2D eigenvalue weighted by Crippen LogP contribution is 2.43. The maximum atomic E-state index is 15.7. The third kappa shape index (κ3) is 4.01. The molecule has 1 aliphatic carbocycles. The molecular formula is C27H31FN8O2. The summed E-state index contributed by atoms with van der Waals surface area (Å²) < 4.78 is 17.2. The number of benzene rings is 1. The van der Waals surface area contributed by atoms with Crippen molar-refractivity contribution in [1.82, 2.24) is 19.4 Å². The van der Waals surface area contributed by atoms with Crippen LogP contribution >= 0.6 is 0 Å². The molecule has 198 valence electrons. The Morgan fingerprint density at radius 1 is 1.16 bits per heavy atom. The molecule has 3 aliphatic rings. The molecule has 0 atom stereocenters. The number of carbonyl (C=O) groups excluding carboxylic acids is 1. The van der Waals surface area contributed by atoms with Crippen molar-refractivity contribution < 1.29 is 9.18 Å². The highest BCUT2D eigenvalue weighted by Gasteiger charge is 2.31. The lowest BCUT2D eigenvalue weighted by atomic mass is 9.99. The minimum atomic E-state index is -0.496. The van der Waals surface area contributed by atoms with Crippen LogP contribution in [0.25, 0.3) is 10.9 Å². The van der Waals surface area contributed by atoms with Gasteiger partial charge in [0.1, 0.15) is 17.0 Å². The van der Waals surface area contributed by atoms with Crippen LogP contribution in [-0.4, -0.2) is 57.2 Å². The molecule has 1 amide bonds. The summed E-state index contributed by atoms with van der Waals surface area (Å²) in [6, 6.07) is 3.93. The fraction of sp³-hybridized carbons (Fsp3) is 0.444. The van der Waals surface area contributed by atoms with Crippen molar-refractivity contribution in [1.29, 1.82) is 0 Å². The topological polar surface area (TPSA) is 122 Å². The zero-order valence-electron chi connectivity index (χ0n) is 21.8. The van der Waals surface area contributed by atoms with Crippen molar-refractivity contribution >= 4 is 34.0 Å². The van der Waals surface area contributed by atoms with Gasteiger partial charge in [-0.15, -0.1) is 0 Å². The van der Waals surface area contributed by atoms with Crippen molar-refractivity contribution in [2.75, 3.05) is 36.5 Å². The number of halogens is 1. The summed E-state index contributed by atoms with van der Waals surface area (Å²) in [5, 5.41) is 4.95. The first-order valence-electron chi connectivity index (χ1n) is 13.1. The number of amides is 1. The molecular weight excluding hydrogens is 487 g/mol. The van der Waals surface area contributed by atoms with Gasteiger partial charge in [0.15, 0.2) is 5.82 Å². The van der Waals surface area contributed by atoms with E-state index in [2.05, 4.69) is 36.4 Å². The predicted octanol–water partition coefficient (Wildman–Crippen LogP) is 2.71. The molecule has 3 N–H and O–H groups in total. The molecule has 10 nitrogen and oxygen atoms in total. The van der Waals surface area contributed by atoms with E-state index in [0.29, 0.717) is 41.5 Å². The molecule has 38 heavy (non-hydrogen) atoms. The van der Waals surface area contributed by atoms with Crippen molar-refractivity contribution in [2.24, 2.45) is 10.8 Å². The Bertz CT molecular complexity index is 1570. The van der Waals surface area contributed by atoms with Crippen molar-refractivity contribution in [3.8, 4) is 0 Å². The third-order valence-corrected chi connectivity index (χ3v) is 7.87. The summed E-state index contributed by atoms with van der Waals surface area (Å²) in [6.45, 7) is 9.39. The molecule has 0 bridgehead atoms. The number of primary amides is 1. The van der Waals surface area contributed by atoms with Crippen LogP contribution in [-0.2, 0) is 13.1 Å². The Hall–Kier alpha value is -3.86. The first-order valence-corrected chi connectivity index (χ1v) is 13.1. The standard InChI is InChI=1S/C27H31FN8O2/c1-4-36-26-21-18(14(2)32-33-26)11-17(22(28)24(21)31-27(36)38)13-34-7-9-35(10-8-34)20-12-19(16-5-6-16)23(25(29)37)30-15(20)3/h11-12,16,33H,4-10,13H2,1-3H3,(H2,29,37). The van der Waals surface area contributed by atoms with E-state index in [1.54, 1.807) is 0 Å². The van der Waals surface area contributed by atoms with Crippen molar-refractivity contribution in [3.05, 3.63) is 56.5 Å². The first-order chi connectivity index (χ1) is 18.3. The Balaban J connectivity index is 1.25. The Kier molecular flexibility index (Phi) is 5.90. The van der Waals surface area contributed by atoms with Crippen LogP contribution in [0.15, 0.2) is 22.0 Å². The van der Waals surface area contributed by atoms with Gasteiger partial charge in [0.2, 0.25) is 0 Å². The number of aryl methyl sites for hydroxylation is 1. The van der Waals surface area contributed by atoms with E-state index >= 15 is 4.39 Å². The lowest BCUT2D eigenvalue weighted by Crippen LogP contribution is -2.46. The molecule has 6 rings (SSSR count). The van der Waals surface area contributed by atoms with Gasteiger partial charge in [-0.3, -0.25) is 19.7 Å². The van der Waals surface area contributed by atoms with Gasteiger partial charge in [-0.2, -0.15) is 10.1 Å². The molecule has 4 heterocycles. The van der Waals surface area contributed by atoms with Crippen LogP contribution in [0.4, 0.5) is 15.9 Å². The van der Waals surface area contributed by atoms with Crippen molar-refractivity contribution in [3.63, 3.8) is 0 Å². The number of nitrogens with two attached hydrogens (primary N) is 1. The highest BCUT2D eigenvalue weighted by atomic mass is 19.1. The first kappa shape index (κ1) is 24.5. The van der Waals surface area contributed by atoms with Gasteiger partial charge in [0.05, 0.1) is 22.5 Å². The maximum Gasteiger partial charge on any atom is 0.349 e. The smallest absolute Gasteiger partial charge is 0.349 e. The predicted molar refractivity (Wildman–Crippen MR) is 144 cm³/mol. The number of pyridine rings is 1. The molecule has 0 spiro atoms.